The summed E-state index contributed by atoms with van der Waals surface area (Å²) in [7, 11) is 0. The number of aromatic nitrogens is 2. The first-order valence-electron chi connectivity index (χ1n) is 7.86. The lowest BCUT2D eigenvalue weighted by Crippen LogP contribution is -2.25. The van der Waals surface area contributed by atoms with Gasteiger partial charge >= 0.3 is 0 Å². The molecular formula is C18H27N3. The molecule has 1 aromatic carbocycles. The number of aromatic amines is 1. The molecule has 0 fully saturated rings. The summed E-state index contributed by atoms with van der Waals surface area (Å²) in [6.45, 7) is 9.88. The Morgan fingerprint density at radius 3 is 2.29 bits per heavy atom. The van der Waals surface area contributed by atoms with Crippen molar-refractivity contribution in [3.63, 3.8) is 0 Å². The van der Waals surface area contributed by atoms with Crippen LogP contribution in [0.1, 0.15) is 50.4 Å². The van der Waals surface area contributed by atoms with E-state index in [4.69, 9.17) is 0 Å². The minimum atomic E-state index is 0.369. The van der Waals surface area contributed by atoms with Crippen molar-refractivity contribution < 1.29 is 0 Å². The average Bonchev–Trinajstić information content (AvgIpc) is 2.93. The molecule has 2 aromatic rings. The third kappa shape index (κ3) is 4.71. The Bertz CT molecular complexity index is 512. The van der Waals surface area contributed by atoms with Gasteiger partial charge in [-0.3, -0.25) is 5.10 Å². The van der Waals surface area contributed by atoms with Crippen molar-refractivity contribution in [1.82, 2.24) is 15.5 Å². The molecule has 2 rings (SSSR count). The summed E-state index contributed by atoms with van der Waals surface area (Å²) in [5, 5.41) is 10.5. The van der Waals surface area contributed by atoms with Gasteiger partial charge in [-0.1, -0.05) is 52.0 Å². The van der Waals surface area contributed by atoms with Gasteiger partial charge in [0, 0.05) is 24.3 Å². The van der Waals surface area contributed by atoms with Gasteiger partial charge in [-0.15, -0.1) is 0 Å². The molecule has 3 heteroatoms. The topological polar surface area (TPSA) is 40.7 Å². The van der Waals surface area contributed by atoms with E-state index in [1.807, 2.05) is 12.4 Å². The predicted molar refractivity (Wildman–Crippen MR) is 88.0 cm³/mol. The molecule has 0 aliphatic heterocycles. The largest absolute Gasteiger partial charge is 0.306 e. The second-order valence-electron chi connectivity index (χ2n) is 6.55. The second-order valence-corrected chi connectivity index (χ2v) is 6.55. The van der Waals surface area contributed by atoms with Crippen molar-refractivity contribution in [2.24, 2.45) is 11.8 Å². The first-order chi connectivity index (χ1) is 10.1. The molecule has 1 heterocycles. The van der Waals surface area contributed by atoms with Gasteiger partial charge in [0.2, 0.25) is 0 Å². The molecule has 0 aliphatic carbocycles. The van der Waals surface area contributed by atoms with Crippen LogP contribution in [0.3, 0.4) is 0 Å². The lowest BCUT2D eigenvalue weighted by atomic mass is 9.93. The number of rotatable bonds is 7. The summed E-state index contributed by atoms with van der Waals surface area (Å²) in [6, 6.07) is 9.44. The maximum Gasteiger partial charge on any atom is 0.0532 e. The highest BCUT2D eigenvalue weighted by Crippen LogP contribution is 2.23. The van der Waals surface area contributed by atoms with Gasteiger partial charge in [-0.05, 0) is 29.4 Å². The van der Waals surface area contributed by atoms with Crippen molar-refractivity contribution in [1.29, 1.82) is 0 Å². The molecular weight excluding hydrogens is 258 g/mol. The number of H-pyrrole nitrogens is 1. The Hall–Kier alpha value is -1.61. The standard InChI is InChI=1S/C18H27N3/c1-13(2)9-15-5-7-17(8-6-15)18(14(3)4)19-10-16-11-20-21-12-16/h5-8,11-14,18-19H,9-10H2,1-4H3,(H,20,21)/t18-/m1/s1. The Balaban J connectivity index is 2.03. The van der Waals surface area contributed by atoms with Crippen LogP contribution in [-0.4, -0.2) is 10.2 Å². The lowest BCUT2D eigenvalue weighted by Gasteiger charge is -2.23. The smallest absolute Gasteiger partial charge is 0.0532 e. The lowest BCUT2D eigenvalue weighted by molar-refractivity contribution is 0.410. The molecule has 3 nitrogen and oxygen atoms in total. The van der Waals surface area contributed by atoms with Crippen molar-refractivity contribution >= 4 is 0 Å². The summed E-state index contributed by atoms with van der Waals surface area (Å²) in [5.74, 6) is 1.25. The minimum absolute atomic E-state index is 0.369. The Labute approximate surface area is 128 Å². The highest BCUT2D eigenvalue weighted by atomic mass is 15.1. The Morgan fingerprint density at radius 2 is 1.76 bits per heavy atom. The molecule has 0 bridgehead atoms. The normalized spacial score (nSPS) is 13.0. The van der Waals surface area contributed by atoms with Gasteiger partial charge in [-0.25, -0.2) is 0 Å². The van der Waals surface area contributed by atoms with Crippen LogP contribution < -0.4 is 5.32 Å². The molecule has 0 saturated carbocycles. The zero-order valence-corrected chi connectivity index (χ0v) is 13.6. The first-order valence-corrected chi connectivity index (χ1v) is 7.86. The van der Waals surface area contributed by atoms with Crippen molar-refractivity contribution in [2.75, 3.05) is 0 Å². The molecule has 0 unspecified atom stereocenters. The quantitative estimate of drug-likeness (QED) is 0.804. The van der Waals surface area contributed by atoms with Crippen LogP contribution in [0.25, 0.3) is 0 Å². The van der Waals surface area contributed by atoms with Gasteiger partial charge in [0.25, 0.3) is 0 Å². The number of hydrogen-bond donors (Lipinski definition) is 2. The van der Waals surface area contributed by atoms with Gasteiger partial charge in [0.05, 0.1) is 6.20 Å². The van der Waals surface area contributed by atoms with Gasteiger partial charge < -0.3 is 5.32 Å². The van der Waals surface area contributed by atoms with Crippen LogP contribution >= 0.6 is 0 Å². The Morgan fingerprint density at radius 1 is 1.05 bits per heavy atom. The molecule has 21 heavy (non-hydrogen) atoms. The van der Waals surface area contributed by atoms with Crippen molar-refractivity contribution in [3.8, 4) is 0 Å². The Kier molecular flexibility index (Phi) is 5.57. The second kappa shape index (κ2) is 7.41. The number of benzene rings is 1. The fraction of sp³-hybridized carbons (Fsp3) is 0.500. The third-order valence-electron chi connectivity index (χ3n) is 3.73. The summed E-state index contributed by atoms with van der Waals surface area (Å²) in [6.07, 6.45) is 4.96. The van der Waals surface area contributed by atoms with Crippen LogP contribution in [0.2, 0.25) is 0 Å². The van der Waals surface area contributed by atoms with Gasteiger partial charge in [0.1, 0.15) is 0 Å². The zero-order valence-electron chi connectivity index (χ0n) is 13.6. The van der Waals surface area contributed by atoms with E-state index in [0.29, 0.717) is 17.9 Å². The summed E-state index contributed by atoms with van der Waals surface area (Å²) in [5.41, 5.74) is 3.98. The SMILES string of the molecule is CC(C)Cc1ccc([C@H](NCc2cn[nH]c2)C(C)C)cc1. The molecule has 0 spiro atoms. The first kappa shape index (κ1) is 15.8. The molecule has 0 amide bonds. The highest BCUT2D eigenvalue weighted by molar-refractivity contribution is 5.26. The molecule has 0 saturated heterocycles. The van der Waals surface area contributed by atoms with Gasteiger partial charge in [-0.2, -0.15) is 5.10 Å². The fourth-order valence-corrected chi connectivity index (χ4v) is 2.67. The maximum atomic E-state index is 3.99. The number of nitrogens with zero attached hydrogens (tertiary/aromatic N) is 1. The molecule has 1 atom stereocenters. The monoisotopic (exact) mass is 285 g/mol. The van der Waals surface area contributed by atoms with Crippen LogP contribution in [0.15, 0.2) is 36.7 Å². The molecule has 1 aromatic heterocycles. The van der Waals surface area contributed by atoms with Crippen LogP contribution in [0.4, 0.5) is 0 Å². The summed E-state index contributed by atoms with van der Waals surface area (Å²) in [4.78, 5) is 0. The van der Waals surface area contributed by atoms with Crippen molar-refractivity contribution in [3.05, 3.63) is 53.3 Å². The molecule has 0 radical (unpaired) electrons. The fourth-order valence-electron chi connectivity index (χ4n) is 2.67. The van der Waals surface area contributed by atoms with Gasteiger partial charge in [0.15, 0.2) is 0 Å². The predicted octanol–water partition coefficient (Wildman–Crippen LogP) is 4.10. The number of hydrogen-bond acceptors (Lipinski definition) is 2. The molecule has 2 N–H and O–H groups in total. The van der Waals surface area contributed by atoms with Crippen LogP contribution in [-0.2, 0) is 13.0 Å². The zero-order chi connectivity index (χ0) is 15.2. The maximum absolute atomic E-state index is 3.99. The van der Waals surface area contributed by atoms with E-state index in [0.717, 1.165) is 13.0 Å². The van der Waals surface area contributed by atoms with E-state index < -0.39 is 0 Å². The molecule has 0 aliphatic rings. The van der Waals surface area contributed by atoms with E-state index in [1.54, 1.807) is 0 Å². The number of nitrogens with one attached hydrogen (secondary N) is 2. The van der Waals surface area contributed by atoms with E-state index in [9.17, 15) is 0 Å². The van der Waals surface area contributed by atoms with E-state index in [-0.39, 0.29) is 0 Å². The van der Waals surface area contributed by atoms with Crippen molar-refractivity contribution in [2.45, 2.75) is 46.7 Å². The summed E-state index contributed by atoms with van der Waals surface area (Å²) >= 11 is 0. The van der Waals surface area contributed by atoms with Crippen LogP contribution in [0, 0.1) is 11.8 Å². The summed E-state index contributed by atoms with van der Waals surface area (Å²) < 4.78 is 0. The average molecular weight is 285 g/mol. The van der Waals surface area contributed by atoms with E-state index in [2.05, 4.69) is 67.5 Å². The third-order valence-corrected chi connectivity index (χ3v) is 3.73. The minimum Gasteiger partial charge on any atom is -0.306 e. The highest BCUT2D eigenvalue weighted by Gasteiger charge is 2.15. The van der Waals surface area contributed by atoms with E-state index >= 15 is 0 Å². The van der Waals surface area contributed by atoms with Crippen LogP contribution in [0.5, 0.6) is 0 Å². The van der Waals surface area contributed by atoms with E-state index in [1.165, 1.54) is 16.7 Å². The molecule has 114 valence electrons.